The van der Waals surface area contributed by atoms with Crippen molar-refractivity contribution < 1.29 is 13.5 Å². The Balaban J connectivity index is 1.47. The van der Waals surface area contributed by atoms with E-state index in [-0.39, 0.29) is 6.10 Å². The molecule has 0 saturated carbocycles. The summed E-state index contributed by atoms with van der Waals surface area (Å²) in [6.07, 6.45) is 0.906. The summed E-state index contributed by atoms with van der Waals surface area (Å²) in [7, 11) is 0. The Labute approximate surface area is 167 Å². The number of rotatable bonds is 7. The summed E-state index contributed by atoms with van der Waals surface area (Å²) in [6, 6.07) is 7.63. The van der Waals surface area contributed by atoms with Crippen LogP contribution in [-0.2, 0) is 4.74 Å². The molecule has 1 N–H and O–H groups in total. The highest BCUT2D eigenvalue weighted by atomic mass is 19.3. The number of halogens is 2. The molecule has 0 aromatic carbocycles. The van der Waals surface area contributed by atoms with E-state index in [1.165, 1.54) is 0 Å². The quantitative estimate of drug-likeness (QED) is 0.647. The Kier molecular flexibility index (Phi) is 5.48. The zero-order valence-corrected chi connectivity index (χ0v) is 16.2. The number of hydrogen-bond acceptors (Lipinski definition) is 7. The molecule has 7 nitrogen and oxygen atoms in total. The normalized spacial score (nSPS) is 14.6. The van der Waals surface area contributed by atoms with Crippen LogP contribution in [0.5, 0.6) is 0 Å². The molecular weight excluding hydrogens is 378 g/mol. The SMILES string of the molecule is CC(C)c1cnnc(Nc2ccc3ncc(N4CC(OCC(F)F)C4)cc3n2)c1. The van der Waals surface area contributed by atoms with Gasteiger partial charge >= 0.3 is 0 Å². The van der Waals surface area contributed by atoms with Gasteiger partial charge < -0.3 is 15.0 Å². The average Bonchev–Trinajstić information content (AvgIpc) is 2.66. The van der Waals surface area contributed by atoms with Gasteiger partial charge in [-0.1, -0.05) is 13.8 Å². The third-order valence-electron chi connectivity index (χ3n) is 4.79. The van der Waals surface area contributed by atoms with Gasteiger partial charge in [-0.15, -0.1) is 5.10 Å². The molecule has 29 heavy (non-hydrogen) atoms. The van der Waals surface area contributed by atoms with Crippen molar-refractivity contribution in [2.45, 2.75) is 32.3 Å². The number of hydrogen-bond donors (Lipinski definition) is 1. The number of nitrogens with one attached hydrogen (secondary N) is 1. The van der Waals surface area contributed by atoms with E-state index in [1.54, 1.807) is 12.4 Å². The first-order valence-electron chi connectivity index (χ1n) is 9.49. The van der Waals surface area contributed by atoms with E-state index in [2.05, 4.69) is 39.3 Å². The molecule has 0 atom stereocenters. The summed E-state index contributed by atoms with van der Waals surface area (Å²) in [5.74, 6) is 1.63. The molecule has 1 saturated heterocycles. The Morgan fingerprint density at radius 3 is 2.72 bits per heavy atom. The molecule has 3 aromatic rings. The smallest absolute Gasteiger partial charge is 0.261 e. The summed E-state index contributed by atoms with van der Waals surface area (Å²) in [4.78, 5) is 11.1. The van der Waals surface area contributed by atoms with Crippen LogP contribution in [0.15, 0.2) is 36.7 Å². The number of anilines is 3. The molecule has 4 rings (SSSR count). The van der Waals surface area contributed by atoms with Crippen molar-refractivity contribution >= 4 is 28.4 Å². The van der Waals surface area contributed by atoms with Crippen molar-refractivity contribution in [2.24, 2.45) is 0 Å². The molecule has 0 unspecified atom stereocenters. The second-order valence-corrected chi connectivity index (χ2v) is 7.33. The van der Waals surface area contributed by atoms with Crippen LogP contribution in [0.4, 0.5) is 26.1 Å². The molecule has 152 valence electrons. The van der Waals surface area contributed by atoms with Crippen LogP contribution in [0, 0.1) is 0 Å². The van der Waals surface area contributed by atoms with Crippen LogP contribution < -0.4 is 10.2 Å². The number of pyridine rings is 2. The van der Waals surface area contributed by atoms with E-state index in [0.29, 0.717) is 30.6 Å². The van der Waals surface area contributed by atoms with Crippen molar-refractivity contribution in [1.29, 1.82) is 0 Å². The fourth-order valence-electron chi connectivity index (χ4n) is 3.09. The standard InChI is InChI=1S/C20H22F2N6O/c1-12(2)13-5-20(27-24-7-13)26-19-4-3-16-17(25-19)6-14(8-23-16)28-9-15(10-28)29-11-18(21)22/h3-8,12,15,18H,9-11H2,1-2H3,(H,25,26,27). The highest BCUT2D eigenvalue weighted by Crippen LogP contribution is 2.26. The topological polar surface area (TPSA) is 76.1 Å². The van der Waals surface area contributed by atoms with Gasteiger partial charge in [0.25, 0.3) is 6.43 Å². The Bertz CT molecular complexity index is 994. The van der Waals surface area contributed by atoms with Gasteiger partial charge in [-0.05, 0) is 35.7 Å². The maximum absolute atomic E-state index is 12.2. The lowest BCUT2D eigenvalue weighted by molar-refractivity contribution is -0.0335. The van der Waals surface area contributed by atoms with Gasteiger partial charge in [-0.25, -0.2) is 13.8 Å². The van der Waals surface area contributed by atoms with Gasteiger partial charge in [0.1, 0.15) is 12.4 Å². The maximum atomic E-state index is 12.2. The fourth-order valence-corrected chi connectivity index (χ4v) is 3.09. The van der Waals surface area contributed by atoms with Crippen molar-refractivity contribution in [3.8, 4) is 0 Å². The van der Waals surface area contributed by atoms with Gasteiger partial charge in [-0.2, -0.15) is 5.10 Å². The molecule has 0 spiro atoms. The van der Waals surface area contributed by atoms with Crippen LogP contribution in [0.2, 0.25) is 0 Å². The molecule has 1 fully saturated rings. The second-order valence-electron chi connectivity index (χ2n) is 7.33. The van der Waals surface area contributed by atoms with Crippen LogP contribution >= 0.6 is 0 Å². The third-order valence-corrected chi connectivity index (χ3v) is 4.79. The summed E-state index contributed by atoms with van der Waals surface area (Å²) in [5.41, 5.74) is 3.49. The van der Waals surface area contributed by atoms with Gasteiger partial charge in [0.05, 0.1) is 35.2 Å². The summed E-state index contributed by atoms with van der Waals surface area (Å²) >= 11 is 0. The van der Waals surface area contributed by atoms with Gasteiger partial charge in [0, 0.05) is 13.1 Å². The van der Waals surface area contributed by atoms with E-state index in [9.17, 15) is 8.78 Å². The lowest BCUT2D eigenvalue weighted by Crippen LogP contribution is -2.52. The van der Waals surface area contributed by atoms with Crippen LogP contribution in [0.3, 0.4) is 0 Å². The number of ether oxygens (including phenoxy) is 1. The highest BCUT2D eigenvalue weighted by Gasteiger charge is 2.28. The minimum atomic E-state index is -2.44. The minimum Gasteiger partial charge on any atom is -0.369 e. The summed E-state index contributed by atoms with van der Waals surface area (Å²) < 4.78 is 29.6. The molecule has 1 aliphatic rings. The molecule has 0 amide bonds. The lowest BCUT2D eigenvalue weighted by Gasteiger charge is -2.40. The maximum Gasteiger partial charge on any atom is 0.261 e. The zero-order valence-electron chi connectivity index (χ0n) is 16.2. The summed E-state index contributed by atoms with van der Waals surface area (Å²) in [5, 5.41) is 11.3. The summed E-state index contributed by atoms with van der Waals surface area (Å²) in [6.45, 7) is 4.80. The van der Waals surface area contributed by atoms with E-state index < -0.39 is 13.0 Å². The predicted molar refractivity (Wildman–Crippen MR) is 107 cm³/mol. The molecule has 0 aliphatic carbocycles. The van der Waals surface area contributed by atoms with Crippen LogP contribution in [0.25, 0.3) is 11.0 Å². The number of aromatic nitrogens is 4. The Hall–Kier alpha value is -2.94. The van der Waals surface area contributed by atoms with E-state index >= 15 is 0 Å². The van der Waals surface area contributed by atoms with Crippen molar-refractivity contribution in [3.05, 3.63) is 42.2 Å². The molecule has 1 aliphatic heterocycles. The van der Waals surface area contributed by atoms with E-state index in [0.717, 1.165) is 22.3 Å². The van der Waals surface area contributed by atoms with Crippen molar-refractivity contribution in [3.63, 3.8) is 0 Å². The second kappa shape index (κ2) is 8.20. The molecule has 4 heterocycles. The Morgan fingerprint density at radius 2 is 1.97 bits per heavy atom. The number of nitrogens with zero attached hydrogens (tertiary/aromatic N) is 5. The molecular formula is C20H22F2N6O. The highest BCUT2D eigenvalue weighted by molar-refractivity contribution is 5.80. The largest absolute Gasteiger partial charge is 0.369 e. The predicted octanol–water partition coefficient (Wildman–Crippen LogP) is 3.76. The first kappa shape index (κ1) is 19.4. The number of alkyl halides is 2. The van der Waals surface area contributed by atoms with Crippen molar-refractivity contribution in [1.82, 2.24) is 20.2 Å². The monoisotopic (exact) mass is 400 g/mol. The molecule has 3 aromatic heterocycles. The van der Waals surface area contributed by atoms with Gasteiger partial charge in [-0.3, -0.25) is 4.98 Å². The molecule has 0 radical (unpaired) electrons. The van der Waals surface area contributed by atoms with E-state index in [4.69, 9.17) is 4.74 Å². The minimum absolute atomic E-state index is 0.174. The van der Waals surface area contributed by atoms with Gasteiger partial charge in [0.15, 0.2) is 5.82 Å². The van der Waals surface area contributed by atoms with E-state index in [1.807, 2.05) is 29.2 Å². The zero-order chi connectivity index (χ0) is 20.4. The third kappa shape index (κ3) is 4.56. The molecule has 9 heteroatoms. The van der Waals surface area contributed by atoms with Crippen molar-refractivity contribution in [2.75, 3.05) is 29.9 Å². The fraction of sp³-hybridized carbons (Fsp3) is 0.400. The van der Waals surface area contributed by atoms with Gasteiger partial charge in [0.2, 0.25) is 0 Å². The van der Waals surface area contributed by atoms with Crippen LogP contribution in [-0.4, -0.2) is 52.4 Å². The van der Waals surface area contributed by atoms with Crippen LogP contribution in [0.1, 0.15) is 25.3 Å². The lowest BCUT2D eigenvalue weighted by atomic mass is 10.1. The molecule has 0 bridgehead atoms. The first-order chi connectivity index (χ1) is 14.0. The average molecular weight is 400 g/mol. The number of fused-ring (bicyclic) bond motifs is 1. The Morgan fingerprint density at radius 1 is 1.14 bits per heavy atom. The first-order valence-corrected chi connectivity index (χ1v) is 9.49.